The molecule has 0 aliphatic carbocycles. The molecule has 0 unspecified atom stereocenters. The van der Waals surface area contributed by atoms with Gasteiger partial charge in [0.1, 0.15) is 0 Å². The number of thiazole rings is 1. The van der Waals surface area contributed by atoms with Crippen molar-refractivity contribution in [1.29, 1.82) is 0 Å². The van der Waals surface area contributed by atoms with Crippen LogP contribution >= 0.6 is 11.3 Å². The molecule has 2 aromatic rings. The zero-order chi connectivity index (χ0) is 25.9. The molecule has 0 aromatic carbocycles. The lowest BCUT2D eigenvalue weighted by atomic mass is 10.2. The Hall–Kier alpha value is -2.94. The Bertz CT molecular complexity index is 876. The van der Waals surface area contributed by atoms with Crippen molar-refractivity contribution < 1.29 is 46.1 Å². The number of anilines is 1. The van der Waals surface area contributed by atoms with Gasteiger partial charge in [0, 0.05) is 62.6 Å². The molecule has 0 atom stereocenters. The predicted molar refractivity (Wildman–Crippen MR) is 111 cm³/mol. The van der Waals surface area contributed by atoms with Crippen LogP contribution in [-0.2, 0) is 16.0 Å². The third-order valence-corrected chi connectivity index (χ3v) is 5.06. The first kappa shape index (κ1) is 29.1. The molecule has 0 bridgehead atoms. The minimum atomic E-state index is -5.08. The van der Waals surface area contributed by atoms with Crippen LogP contribution in [0.2, 0.25) is 0 Å². The number of carboxylic acid groups (broad SMARTS) is 2. The fraction of sp³-hybridized carbons (Fsp3) is 0.474. The highest BCUT2D eigenvalue weighted by atomic mass is 32.1. The van der Waals surface area contributed by atoms with E-state index in [0.29, 0.717) is 0 Å². The van der Waals surface area contributed by atoms with E-state index in [4.69, 9.17) is 19.8 Å². The Morgan fingerprint density at radius 2 is 1.44 bits per heavy atom. The summed E-state index contributed by atoms with van der Waals surface area (Å²) < 4.78 is 63.5. The Kier molecular flexibility index (Phi) is 11.2. The van der Waals surface area contributed by atoms with Crippen LogP contribution in [0.1, 0.15) is 10.7 Å². The van der Waals surface area contributed by atoms with Gasteiger partial charge in [-0.05, 0) is 19.1 Å². The lowest BCUT2D eigenvalue weighted by Crippen LogP contribution is -2.47. The fourth-order valence-electron chi connectivity index (χ4n) is 2.58. The summed E-state index contributed by atoms with van der Waals surface area (Å²) in [4.78, 5) is 31.4. The lowest BCUT2D eigenvalue weighted by Gasteiger charge is -2.35. The van der Waals surface area contributed by atoms with Gasteiger partial charge in [0.25, 0.3) is 0 Å². The minimum Gasteiger partial charge on any atom is -0.475 e. The smallest absolute Gasteiger partial charge is 0.475 e. The maximum absolute atomic E-state index is 10.6. The van der Waals surface area contributed by atoms with Gasteiger partial charge in [0.05, 0.1) is 10.7 Å². The average Bonchev–Trinajstić information content (AvgIpc) is 3.18. The van der Waals surface area contributed by atoms with Gasteiger partial charge >= 0.3 is 24.3 Å². The number of nitrogens with zero attached hydrogens (tertiary/aromatic N) is 4. The van der Waals surface area contributed by atoms with Crippen molar-refractivity contribution in [2.24, 2.45) is 0 Å². The van der Waals surface area contributed by atoms with Crippen molar-refractivity contribution in [3.05, 3.63) is 40.6 Å². The standard InChI is InChI=1S/C15H20N4S.2C2HF3O2/c1-13-17-14(12-20-13)4-7-18-8-10-19(11-9-18)15-2-5-16-6-3-15;2*3-2(4,5)1(6)7/h2-3,5-6,12H,4,7-11H2,1H3;2*(H,6,7). The number of aryl methyl sites for hydroxylation is 1. The number of aromatic nitrogens is 2. The van der Waals surface area contributed by atoms with Crippen molar-refractivity contribution >= 4 is 29.0 Å². The van der Waals surface area contributed by atoms with E-state index < -0.39 is 24.3 Å². The molecule has 1 fully saturated rings. The molecule has 1 aliphatic rings. The van der Waals surface area contributed by atoms with E-state index in [9.17, 15) is 26.3 Å². The molecule has 0 radical (unpaired) electrons. The number of halogens is 6. The number of carboxylic acids is 2. The second-order valence-electron chi connectivity index (χ2n) is 6.75. The van der Waals surface area contributed by atoms with Crippen LogP contribution in [0.15, 0.2) is 29.9 Å². The maximum atomic E-state index is 10.6. The number of carbonyl (C=O) groups is 2. The monoisotopic (exact) mass is 516 g/mol. The third-order valence-electron chi connectivity index (χ3n) is 4.24. The van der Waals surface area contributed by atoms with Crippen molar-refractivity contribution in [2.45, 2.75) is 25.7 Å². The maximum Gasteiger partial charge on any atom is 0.490 e. The van der Waals surface area contributed by atoms with E-state index in [2.05, 4.69) is 44.2 Å². The van der Waals surface area contributed by atoms with Gasteiger partial charge in [0.15, 0.2) is 0 Å². The molecule has 1 aliphatic heterocycles. The summed E-state index contributed by atoms with van der Waals surface area (Å²) in [5.74, 6) is -5.51. The highest BCUT2D eigenvalue weighted by Crippen LogP contribution is 2.16. The zero-order valence-electron chi connectivity index (χ0n) is 17.8. The summed E-state index contributed by atoms with van der Waals surface area (Å²) >= 11 is 1.74. The van der Waals surface area contributed by atoms with Crippen LogP contribution in [-0.4, -0.2) is 82.1 Å². The minimum absolute atomic E-state index is 1.07. The molecule has 190 valence electrons. The van der Waals surface area contributed by atoms with E-state index >= 15 is 0 Å². The van der Waals surface area contributed by atoms with Crippen molar-refractivity contribution in [3.8, 4) is 0 Å². The zero-order valence-corrected chi connectivity index (χ0v) is 18.6. The molecule has 0 amide bonds. The topological polar surface area (TPSA) is 107 Å². The van der Waals surface area contributed by atoms with Gasteiger partial charge < -0.3 is 15.1 Å². The summed E-state index contributed by atoms with van der Waals surface area (Å²) in [5.41, 5.74) is 2.53. The molecular formula is C19H22F6N4O4S. The first-order valence-corrected chi connectivity index (χ1v) is 10.5. The molecule has 34 heavy (non-hydrogen) atoms. The van der Waals surface area contributed by atoms with Gasteiger partial charge in [-0.2, -0.15) is 26.3 Å². The molecule has 3 rings (SSSR count). The van der Waals surface area contributed by atoms with Gasteiger partial charge in [0.2, 0.25) is 0 Å². The highest BCUT2D eigenvalue weighted by molar-refractivity contribution is 7.09. The van der Waals surface area contributed by atoms with Crippen LogP contribution in [0.3, 0.4) is 0 Å². The summed E-state index contributed by atoms with van der Waals surface area (Å²) in [6.45, 7) is 7.64. The summed E-state index contributed by atoms with van der Waals surface area (Å²) in [6.07, 6.45) is -5.36. The third kappa shape index (κ3) is 11.3. The van der Waals surface area contributed by atoms with E-state index in [-0.39, 0.29) is 0 Å². The van der Waals surface area contributed by atoms with Gasteiger partial charge in [-0.25, -0.2) is 14.6 Å². The molecule has 1 saturated heterocycles. The number of hydrogen-bond donors (Lipinski definition) is 2. The van der Waals surface area contributed by atoms with Crippen LogP contribution in [0, 0.1) is 6.92 Å². The molecule has 15 heteroatoms. The fourth-order valence-corrected chi connectivity index (χ4v) is 3.23. The van der Waals surface area contributed by atoms with Gasteiger partial charge in [-0.15, -0.1) is 11.3 Å². The summed E-state index contributed by atoms with van der Waals surface area (Å²) in [7, 11) is 0. The number of piperazine rings is 1. The molecule has 8 nitrogen and oxygen atoms in total. The van der Waals surface area contributed by atoms with Crippen molar-refractivity contribution in [2.75, 3.05) is 37.6 Å². The van der Waals surface area contributed by atoms with Crippen molar-refractivity contribution in [3.63, 3.8) is 0 Å². The second kappa shape index (κ2) is 13.1. The molecule has 0 saturated carbocycles. The first-order valence-electron chi connectivity index (χ1n) is 9.58. The predicted octanol–water partition coefficient (Wildman–Crippen LogP) is 3.48. The average molecular weight is 516 g/mol. The van der Waals surface area contributed by atoms with E-state index in [0.717, 1.165) is 39.1 Å². The van der Waals surface area contributed by atoms with Gasteiger partial charge in [-0.1, -0.05) is 0 Å². The van der Waals surface area contributed by atoms with Gasteiger partial charge in [-0.3, -0.25) is 9.88 Å². The summed E-state index contributed by atoms with van der Waals surface area (Å²) in [5, 5.41) is 17.6. The number of rotatable bonds is 4. The van der Waals surface area contributed by atoms with Crippen LogP contribution in [0.5, 0.6) is 0 Å². The molecule has 2 aromatic heterocycles. The Morgan fingerprint density at radius 1 is 0.971 bits per heavy atom. The lowest BCUT2D eigenvalue weighted by molar-refractivity contribution is -0.193. The largest absolute Gasteiger partial charge is 0.490 e. The van der Waals surface area contributed by atoms with E-state index in [1.54, 1.807) is 11.3 Å². The number of hydrogen-bond acceptors (Lipinski definition) is 7. The Balaban J connectivity index is 0.000000343. The Labute approximate surface area is 194 Å². The highest BCUT2D eigenvalue weighted by Gasteiger charge is 2.38. The number of alkyl halides is 6. The summed E-state index contributed by atoms with van der Waals surface area (Å²) in [6, 6.07) is 4.18. The van der Waals surface area contributed by atoms with Crippen LogP contribution in [0.4, 0.5) is 32.0 Å². The molecule has 2 N–H and O–H groups in total. The van der Waals surface area contributed by atoms with Crippen LogP contribution < -0.4 is 4.90 Å². The molecular weight excluding hydrogens is 494 g/mol. The second-order valence-corrected chi connectivity index (χ2v) is 7.81. The number of aliphatic carboxylic acids is 2. The first-order chi connectivity index (χ1) is 15.7. The quantitative estimate of drug-likeness (QED) is 0.595. The van der Waals surface area contributed by atoms with Crippen LogP contribution in [0.25, 0.3) is 0 Å². The molecule has 3 heterocycles. The van der Waals surface area contributed by atoms with Crippen molar-refractivity contribution in [1.82, 2.24) is 14.9 Å². The molecule has 0 spiro atoms. The number of pyridine rings is 1. The normalized spacial score (nSPS) is 14.4. The Morgan fingerprint density at radius 3 is 1.82 bits per heavy atom. The SMILES string of the molecule is Cc1nc(CCN2CCN(c3ccncc3)CC2)cs1.O=C(O)C(F)(F)F.O=C(O)C(F)(F)F. The van der Waals surface area contributed by atoms with E-state index in [1.165, 1.54) is 16.4 Å². The van der Waals surface area contributed by atoms with E-state index in [1.807, 2.05) is 12.4 Å².